The summed E-state index contributed by atoms with van der Waals surface area (Å²) in [5, 5.41) is 9.82. The van der Waals surface area contributed by atoms with Crippen molar-refractivity contribution in [3.63, 3.8) is 0 Å². The number of aliphatic hydroxyl groups is 1. The summed E-state index contributed by atoms with van der Waals surface area (Å²) in [5.41, 5.74) is -0.0836. The molecule has 0 fully saturated rings. The third-order valence-electron chi connectivity index (χ3n) is 2.96. The van der Waals surface area contributed by atoms with E-state index in [4.69, 9.17) is 4.74 Å². The summed E-state index contributed by atoms with van der Waals surface area (Å²) >= 11 is 0. The van der Waals surface area contributed by atoms with Crippen LogP contribution in [-0.2, 0) is 6.42 Å². The first-order valence-corrected chi connectivity index (χ1v) is 6.45. The summed E-state index contributed by atoms with van der Waals surface area (Å²) in [6.45, 7) is 0.293. The highest BCUT2D eigenvalue weighted by molar-refractivity contribution is 5.21. The highest BCUT2D eigenvalue weighted by atomic mass is 19.1. The molecule has 0 bridgehead atoms. The van der Waals surface area contributed by atoms with Crippen LogP contribution in [0.3, 0.4) is 0 Å². The van der Waals surface area contributed by atoms with Crippen molar-refractivity contribution in [2.45, 2.75) is 18.9 Å². The standard InChI is InChI=1S/C16H16F2O2/c17-15-7-4-8-16(18)14(15)11-12(19)9-10-20-13-5-2-1-3-6-13/h1-8,12,19H,9-11H2. The Bertz CT molecular complexity index is 523. The van der Waals surface area contributed by atoms with Gasteiger partial charge in [-0.05, 0) is 24.3 Å². The van der Waals surface area contributed by atoms with Gasteiger partial charge in [0.1, 0.15) is 17.4 Å². The lowest BCUT2D eigenvalue weighted by Crippen LogP contribution is -2.16. The van der Waals surface area contributed by atoms with E-state index in [1.807, 2.05) is 30.3 Å². The fourth-order valence-corrected chi connectivity index (χ4v) is 1.89. The Kier molecular flexibility index (Phi) is 5.07. The third-order valence-corrected chi connectivity index (χ3v) is 2.96. The van der Waals surface area contributed by atoms with Gasteiger partial charge in [0.15, 0.2) is 0 Å². The fourth-order valence-electron chi connectivity index (χ4n) is 1.89. The minimum Gasteiger partial charge on any atom is -0.493 e. The molecule has 0 aromatic heterocycles. The van der Waals surface area contributed by atoms with Crippen LogP contribution in [0, 0.1) is 11.6 Å². The smallest absolute Gasteiger partial charge is 0.129 e. The van der Waals surface area contributed by atoms with E-state index in [-0.39, 0.29) is 12.0 Å². The highest BCUT2D eigenvalue weighted by Crippen LogP contribution is 2.16. The predicted molar refractivity (Wildman–Crippen MR) is 72.6 cm³/mol. The molecule has 106 valence electrons. The van der Waals surface area contributed by atoms with Crippen molar-refractivity contribution in [2.24, 2.45) is 0 Å². The SMILES string of the molecule is OC(CCOc1ccccc1)Cc1c(F)cccc1F. The summed E-state index contributed by atoms with van der Waals surface area (Å²) < 4.78 is 32.3. The number of benzene rings is 2. The Morgan fingerprint density at radius 2 is 1.60 bits per heavy atom. The highest BCUT2D eigenvalue weighted by Gasteiger charge is 2.13. The summed E-state index contributed by atoms with van der Waals surface area (Å²) in [4.78, 5) is 0. The first-order chi connectivity index (χ1) is 9.66. The Morgan fingerprint density at radius 3 is 2.25 bits per heavy atom. The Hall–Kier alpha value is -1.94. The van der Waals surface area contributed by atoms with Gasteiger partial charge in [0, 0.05) is 18.4 Å². The molecule has 20 heavy (non-hydrogen) atoms. The normalized spacial score (nSPS) is 12.2. The number of aliphatic hydroxyl groups excluding tert-OH is 1. The van der Waals surface area contributed by atoms with E-state index in [1.165, 1.54) is 18.2 Å². The predicted octanol–water partition coefficient (Wildman–Crippen LogP) is 3.34. The number of rotatable bonds is 6. The van der Waals surface area contributed by atoms with Crippen LogP contribution in [0.4, 0.5) is 8.78 Å². The number of hydrogen-bond acceptors (Lipinski definition) is 2. The molecule has 0 amide bonds. The van der Waals surface area contributed by atoms with Gasteiger partial charge in [-0.3, -0.25) is 0 Å². The van der Waals surface area contributed by atoms with Crippen molar-refractivity contribution in [3.05, 3.63) is 65.7 Å². The molecule has 1 N–H and O–H groups in total. The van der Waals surface area contributed by atoms with Gasteiger partial charge in [-0.25, -0.2) is 8.78 Å². The fraction of sp³-hybridized carbons (Fsp3) is 0.250. The van der Waals surface area contributed by atoms with Crippen LogP contribution in [0.5, 0.6) is 5.75 Å². The van der Waals surface area contributed by atoms with Gasteiger partial charge in [0.25, 0.3) is 0 Å². The lowest BCUT2D eigenvalue weighted by atomic mass is 10.0. The zero-order valence-electron chi connectivity index (χ0n) is 10.9. The molecule has 2 rings (SSSR count). The first-order valence-electron chi connectivity index (χ1n) is 6.45. The van der Waals surface area contributed by atoms with Gasteiger partial charge in [-0.15, -0.1) is 0 Å². The largest absolute Gasteiger partial charge is 0.493 e. The van der Waals surface area contributed by atoms with Crippen LogP contribution >= 0.6 is 0 Å². The lowest BCUT2D eigenvalue weighted by molar-refractivity contribution is 0.137. The maximum atomic E-state index is 13.4. The maximum Gasteiger partial charge on any atom is 0.129 e. The zero-order valence-corrected chi connectivity index (χ0v) is 10.9. The Morgan fingerprint density at radius 1 is 0.950 bits per heavy atom. The van der Waals surface area contributed by atoms with E-state index >= 15 is 0 Å². The minimum absolute atomic E-state index is 0.0589. The summed E-state index contributed by atoms with van der Waals surface area (Å²) in [7, 11) is 0. The molecule has 0 aliphatic carbocycles. The quantitative estimate of drug-likeness (QED) is 0.878. The average Bonchev–Trinajstić information content (AvgIpc) is 2.44. The van der Waals surface area contributed by atoms with Crippen molar-refractivity contribution in [1.82, 2.24) is 0 Å². The van der Waals surface area contributed by atoms with Crippen molar-refractivity contribution >= 4 is 0 Å². The molecule has 2 nitrogen and oxygen atoms in total. The van der Waals surface area contributed by atoms with Gasteiger partial charge in [0.05, 0.1) is 12.7 Å². The van der Waals surface area contributed by atoms with Crippen LogP contribution in [0.1, 0.15) is 12.0 Å². The molecule has 0 radical (unpaired) electrons. The van der Waals surface area contributed by atoms with Crippen LogP contribution in [0.25, 0.3) is 0 Å². The molecular formula is C16H16F2O2. The van der Waals surface area contributed by atoms with E-state index in [0.29, 0.717) is 18.8 Å². The van der Waals surface area contributed by atoms with Gasteiger partial charge in [-0.1, -0.05) is 24.3 Å². The maximum absolute atomic E-state index is 13.4. The Balaban J connectivity index is 1.82. The summed E-state index contributed by atoms with van der Waals surface area (Å²) in [6.07, 6.45) is -0.593. The minimum atomic E-state index is -0.842. The van der Waals surface area contributed by atoms with Gasteiger partial charge in [0.2, 0.25) is 0 Å². The molecule has 2 aromatic rings. The van der Waals surface area contributed by atoms with E-state index in [0.717, 1.165) is 0 Å². The van der Waals surface area contributed by atoms with Gasteiger partial charge < -0.3 is 9.84 Å². The lowest BCUT2D eigenvalue weighted by Gasteiger charge is -2.12. The van der Waals surface area contributed by atoms with Crippen molar-refractivity contribution in [1.29, 1.82) is 0 Å². The van der Waals surface area contributed by atoms with Gasteiger partial charge >= 0.3 is 0 Å². The monoisotopic (exact) mass is 278 g/mol. The number of hydrogen-bond donors (Lipinski definition) is 1. The molecular weight excluding hydrogens is 262 g/mol. The van der Waals surface area contributed by atoms with Crippen LogP contribution in [0.2, 0.25) is 0 Å². The van der Waals surface area contributed by atoms with E-state index in [9.17, 15) is 13.9 Å². The van der Waals surface area contributed by atoms with E-state index in [1.54, 1.807) is 0 Å². The molecule has 1 unspecified atom stereocenters. The summed E-state index contributed by atoms with van der Waals surface area (Å²) in [6, 6.07) is 12.9. The molecule has 0 aliphatic heterocycles. The van der Waals surface area contributed by atoms with Crippen LogP contribution in [-0.4, -0.2) is 17.8 Å². The Labute approximate surface area is 116 Å². The van der Waals surface area contributed by atoms with E-state index < -0.39 is 17.7 Å². The zero-order chi connectivity index (χ0) is 14.4. The first kappa shape index (κ1) is 14.5. The summed E-state index contributed by atoms with van der Waals surface area (Å²) in [5.74, 6) is -0.558. The van der Waals surface area contributed by atoms with Crippen molar-refractivity contribution in [2.75, 3.05) is 6.61 Å². The second kappa shape index (κ2) is 7.01. The molecule has 0 heterocycles. The van der Waals surface area contributed by atoms with Crippen LogP contribution < -0.4 is 4.74 Å². The molecule has 2 aromatic carbocycles. The molecule has 0 saturated carbocycles. The molecule has 1 atom stereocenters. The second-order valence-corrected chi connectivity index (χ2v) is 4.51. The van der Waals surface area contributed by atoms with Gasteiger partial charge in [-0.2, -0.15) is 0 Å². The molecule has 0 saturated heterocycles. The third kappa shape index (κ3) is 4.03. The molecule has 0 aliphatic rings. The molecule has 0 spiro atoms. The molecule has 4 heteroatoms. The topological polar surface area (TPSA) is 29.5 Å². The number of para-hydroxylation sites is 1. The van der Waals surface area contributed by atoms with Crippen molar-refractivity contribution < 1.29 is 18.6 Å². The van der Waals surface area contributed by atoms with E-state index in [2.05, 4.69) is 0 Å². The second-order valence-electron chi connectivity index (χ2n) is 4.51. The number of halogens is 2. The number of ether oxygens (including phenoxy) is 1. The van der Waals surface area contributed by atoms with Crippen molar-refractivity contribution in [3.8, 4) is 5.75 Å². The van der Waals surface area contributed by atoms with Crippen LogP contribution in [0.15, 0.2) is 48.5 Å². The average molecular weight is 278 g/mol.